The third-order valence-corrected chi connectivity index (χ3v) is 7.85. The van der Waals surface area contributed by atoms with Crippen molar-refractivity contribution < 1.29 is 31.1 Å². The molecule has 1 aliphatic carbocycles. The van der Waals surface area contributed by atoms with Gasteiger partial charge < -0.3 is 4.74 Å². The topological polar surface area (TPSA) is 79.0 Å². The Morgan fingerprint density at radius 2 is 1.88 bits per heavy atom. The fraction of sp³-hybridized carbons (Fsp3) is 0.435. The molecule has 1 saturated carbocycles. The first-order chi connectivity index (χ1) is 16.1. The van der Waals surface area contributed by atoms with Gasteiger partial charge in [-0.25, -0.2) is 22.2 Å². The Labute approximate surface area is 195 Å². The molecule has 0 radical (unpaired) electrons. The normalized spacial score (nSPS) is 21.6. The molecular formula is C23H24F3N3O4S. The summed E-state index contributed by atoms with van der Waals surface area (Å²) in [6, 6.07) is 10.8. The van der Waals surface area contributed by atoms with Crippen LogP contribution in [0.3, 0.4) is 0 Å². The number of nitrogens with one attached hydrogen (secondary N) is 1. The number of carbonyl (C=O) groups is 1. The van der Waals surface area contributed by atoms with Gasteiger partial charge in [0.25, 0.3) is 5.91 Å². The van der Waals surface area contributed by atoms with E-state index in [1.54, 1.807) is 6.07 Å². The van der Waals surface area contributed by atoms with Gasteiger partial charge in [0.1, 0.15) is 24.6 Å². The lowest BCUT2D eigenvalue weighted by Crippen LogP contribution is -2.44. The largest absolute Gasteiger partial charge is 0.487 e. The van der Waals surface area contributed by atoms with Gasteiger partial charge in [-0.3, -0.25) is 9.69 Å². The standard InChI is InChI=1S/C23H24F3N3O4S/c24-21-18-12-28(11-16-9-23(25,26)10-16)7-6-17(18)8-19(33-14-15-4-2-1-3-5-15)22(21)29-13-20(30)27-34(29,31)32/h1-5,8,16H,6-7,9-14H2,(H,27,30). The molecule has 0 spiro atoms. The van der Waals surface area contributed by atoms with Crippen molar-refractivity contribution in [3.63, 3.8) is 0 Å². The molecule has 2 fully saturated rings. The highest BCUT2D eigenvalue weighted by Crippen LogP contribution is 2.44. The summed E-state index contributed by atoms with van der Waals surface area (Å²) in [5.41, 5.74) is 1.47. The molecule has 2 aromatic carbocycles. The first kappa shape index (κ1) is 23.0. The Morgan fingerprint density at radius 3 is 2.53 bits per heavy atom. The smallest absolute Gasteiger partial charge is 0.326 e. The molecule has 1 N–H and O–H groups in total. The van der Waals surface area contributed by atoms with Gasteiger partial charge in [-0.05, 0) is 29.5 Å². The molecule has 2 aliphatic heterocycles. The van der Waals surface area contributed by atoms with Gasteiger partial charge in [0.05, 0.1) is 0 Å². The third-order valence-electron chi connectivity index (χ3n) is 6.48. The number of fused-ring (bicyclic) bond motifs is 1. The molecule has 182 valence electrons. The minimum atomic E-state index is -4.27. The van der Waals surface area contributed by atoms with Crippen LogP contribution < -0.4 is 13.8 Å². The van der Waals surface area contributed by atoms with Gasteiger partial charge in [0.15, 0.2) is 5.82 Å². The van der Waals surface area contributed by atoms with E-state index in [4.69, 9.17) is 4.74 Å². The zero-order chi connectivity index (χ0) is 24.1. The zero-order valence-corrected chi connectivity index (χ0v) is 19.1. The monoisotopic (exact) mass is 495 g/mol. The SMILES string of the molecule is O=C1CN(c2c(OCc3ccccc3)cc3c(c2F)CN(CC2CC(F)(F)C2)CC3)S(=O)(=O)N1. The van der Waals surface area contributed by atoms with Crippen LogP contribution in [-0.4, -0.2) is 44.8 Å². The van der Waals surface area contributed by atoms with E-state index in [0.29, 0.717) is 34.9 Å². The lowest BCUT2D eigenvalue weighted by Gasteiger charge is -2.40. The lowest BCUT2D eigenvalue weighted by atomic mass is 9.80. The summed E-state index contributed by atoms with van der Waals surface area (Å²) < 4.78 is 75.9. The van der Waals surface area contributed by atoms with Crippen LogP contribution in [-0.2, 0) is 34.6 Å². The van der Waals surface area contributed by atoms with Gasteiger partial charge in [-0.1, -0.05) is 30.3 Å². The highest BCUT2D eigenvalue weighted by Gasteiger charge is 2.46. The second-order valence-corrected chi connectivity index (χ2v) is 10.7. The third kappa shape index (κ3) is 4.46. The van der Waals surface area contributed by atoms with E-state index in [-0.39, 0.29) is 43.3 Å². The van der Waals surface area contributed by atoms with Crippen LogP contribution in [0.1, 0.15) is 29.5 Å². The fourth-order valence-electron chi connectivity index (χ4n) is 4.84. The molecule has 0 atom stereocenters. The highest BCUT2D eigenvalue weighted by molar-refractivity contribution is 7.92. The Balaban J connectivity index is 1.46. The number of halogens is 3. The average molecular weight is 496 g/mol. The highest BCUT2D eigenvalue weighted by atomic mass is 32.2. The molecular weight excluding hydrogens is 471 g/mol. The summed E-state index contributed by atoms with van der Waals surface area (Å²) in [5.74, 6) is -4.27. The van der Waals surface area contributed by atoms with E-state index in [2.05, 4.69) is 0 Å². The average Bonchev–Trinajstić information content (AvgIpc) is 3.03. The molecule has 11 heteroatoms. The second kappa shape index (κ2) is 8.46. The molecule has 3 aliphatic rings. The number of hydrogen-bond donors (Lipinski definition) is 1. The predicted octanol–water partition coefficient (Wildman–Crippen LogP) is 2.99. The molecule has 2 aromatic rings. The number of amides is 1. The number of nitrogens with zero attached hydrogens (tertiary/aromatic N) is 2. The number of alkyl halides is 2. The summed E-state index contributed by atoms with van der Waals surface area (Å²) >= 11 is 0. The van der Waals surface area contributed by atoms with Crippen LogP contribution in [0, 0.1) is 11.7 Å². The van der Waals surface area contributed by atoms with Crippen molar-refractivity contribution in [3.8, 4) is 5.75 Å². The van der Waals surface area contributed by atoms with Crippen molar-refractivity contribution >= 4 is 21.8 Å². The first-order valence-electron chi connectivity index (χ1n) is 11.1. The van der Waals surface area contributed by atoms with Gasteiger partial charge in [-0.15, -0.1) is 0 Å². The maximum absolute atomic E-state index is 15.9. The van der Waals surface area contributed by atoms with E-state index in [9.17, 15) is 22.0 Å². The number of hydrogen-bond acceptors (Lipinski definition) is 5. The quantitative estimate of drug-likeness (QED) is 0.667. The Morgan fingerprint density at radius 1 is 1.15 bits per heavy atom. The predicted molar refractivity (Wildman–Crippen MR) is 118 cm³/mol. The van der Waals surface area contributed by atoms with Crippen LogP contribution in [0.5, 0.6) is 5.75 Å². The Kier molecular flexibility index (Phi) is 5.71. The summed E-state index contributed by atoms with van der Waals surface area (Å²) in [4.78, 5) is 13.8. The molecule has 1 saturated heterocycles. The summed E-state index contributed by atoms with van der Waals surface area (Å²) in [5, 5.41) is 0. The summed E-state index contributed by atoms with van der Waals surface area (Å²) in [7, 11) is -4.27. The number of anilines is 1. The van der Waals surface area contributed by atoms with Gasteiger partial charge in [0.2, 0.25) is 5.92 Å². The van der Waals surface area contributed by atoms with E-state index in [0.717, 1.165) is 5.56 Å². The molecule has 0 aromatic heterocycles. The van der Waals surface area contributed by atoms with Crippen molar-refractivity contribution in [2.75, 3.05) is 23.9 Å². The molecule has 0 unspecified atom stereocenters. The Hall–Kier alpha value is -2.79. The van der Waals surface area contributed by atoms with Crippen molar-refractivity contribution in [1.29, 1.82) is 0 Å². The lowest BCUT2D eigenvalue weighted by molar-refractivity contribution is -0.117. The van der Waals surface area contributed by atoms with Crippen LogP contribution in [0.15, 0.2) is 36.4 Å². The van der Waals surface area contributed by atoms with Crippen molar-refractivity contribution in [3.05, 3.63) is 58.9 Å². The molecule has 1 amide bonds. The second-order valence-electron chi connectivity index (χ2n) is 9.10. The van der Waals surface area contributed by atoms with Gasteiger partial charge in [-0.2, -0.15) is 8.42 Å². The summed E-state index contributed by atoms with van der Waals surface area (Å²) in [6.45, 7) is 0.709. The van der Waals surface area contributed by atoms with Crippen LogP contribution in [0.25, 0.3) is 0 Å². The number of benzene rings is 2. The molecule has 5 rings (SSSR count). The molecule has 34 heavy (non-hydrogen) atoms. The van der Waals surface area contributed by atoms with E-state index >= 15 is 4.39 Å². The van der Waals surface area contributed by atoms with E-state index in [1.165, 1.54) is 0 Å². The molecule has 7 nitrogen and oxygen atoms in total. The van der Waals surface area contributed by atoms with Crippen molar-refractivity contribution in [1.82, 2.24) is 9.62 Å². The van der Waals surface area contributed by atoms with Crippen LogP contribution in [0.2, 0.25) is 0 Å². The minimum Gasteiger partial charge on any atom is -0.487 e. The van der Waals surface area contributed by atoms with Crippen LogP contribution in [0.4, 0.5) is 18.9 Å². The first-order valence-corrected chi connectivity index (χ1v) is 12.5. The summed E-state index contributed by atoms with van der Waals surface area (Å²) in [6.07, 6.45) is 0.133. The van der Waals surface area contributed by atoms with E-state index in [1.807, 2.05) is 40.0 Å². The van der Waals surface area contributed by atoms with Crippen LogP contribution >= 0.6 is 0 Å². The minimum absolute atomic E-state index is 0.0345. The number of carbonyl (C=O) groups excluding carboxylic acids is 1. The van der Waals surface area contributed by atoms with Gasteiger partial charge in [0, 0.05) is 38.0 Å². The van der Waals surface area contributed by atoms with E-state index < -0.39 is 34.4 Å². The van der Waals surface area contributed by atoms with Crippen molar-refractivity contribution in [2.24, 2.45) is 5.92 Å². The van der Waals surface area contributed by atoms with Gasteiger partial charge >= 0.3 is 10.2 Å². The zero-order valence-electron chi connectivity index (χ0n) is 18.3. The number of rotatable bonds is 6. The van der Waals surface area contributed by atoms with Crippen molar-refractivity contribution in [2.45, 2.75) is 38.3 Å². The Bertz CT molecular complexity index is 1220. The maximum atomic E-state index is 15.9. The molecule has 2 heterocycles. The maximum Gasteiger partial charge on any atom is 0.326 e. The molecule has 0 bridgehead atoms. The fourth-order valence-corrected chi connectivity index (χ4v) is 6.00. The number of ether oxygens (including phenoxy) is 1.